The summed E-state index contributed by atoms with van der Waals surface area (Å²) in [7, 11) is -1.31. The van der Waals surface area contributed by atoms with Crippen molar-refractivity contribution in [3.8, 4) is 11.4 Å². The second-order valence-electron chi connectivity index (χ2n) is 9.29. The summed E-state index contributed by atoms with van der Waals surface area (Å²) < 4.78 is 17.0. The van der Waals surface area contributed by atoms with Crippen LogP contribution in [0, 0.1) is 0 Å². The molecule has 4 rings (SSSR count). The number of nitrogens with zero attached hydrogens (tertiary/aromatic N) is 5. The van der Waals surface area contributed by atoms with Gasteiger partial charge in [-0.15, -0.1) is 0 Å². The van der Waals surface area contributed by atoms with Gasteiger partial charge in [0.2, 0.25) is 11.1 Å². The van der Waals surface area contributed by atoms with Crippen LogP contribution in [-0.4, -0.2) is 69.2 Å². The molecule has 1 atom stereocenters. The highest BCUT2D eigenvalue weighted by Gasteiger charge is 2.35. The number of fused-ring (bicyclic) bond motifs is 1. The lowest BCUT2D eigenvalue weighted by molar-refractivity contribution is 0.0161. The number of nitrogens with one attached hydrogen (secondary N) is 3. The second-order valence-corrected chi connectivity index (χ2v) is 10.6. The molecular weight excluding hydrogens is 460 g/mol. The average Bonchev–Trinajstić information content (AvgIpc) is 3.17. The molecule has 0 bridgehead atoms. The van der Waals surface area contributed by atoms with E-state index >= 15 is 0 Å². The fraction of sp³-hybridized carbons (Fsp3) is 0.524. The topological polar surface area (TPSA) is 168 Å². The molecular formula is C21H28N8O4S. The molecule has 4 N–H and O–H groups in total. The summed E-state index contributed by atoms with van der Waals surface area (Å²) in [6.07, 6.45) is 6.13. The third-order valence-electron chi connectivity index (χ3n) is 5.34. The van der Waals surface area contributed by atoms with Crippen LogP contribution in [-0.2, 0) is 15.5 Å². The smallest absolute Gasteiger partial charge is 0.407 e. The number of rotatable bonds is 5. The molecule has 3 aromatic rings. The van der Waals surface area contributed by atoms with Gasteiger partial charge in [0.1, 0.15) is 11.3 Å². The van der Waals surface area contributed by atoms with E-state index in [1.165, 1.54) is 12.5 Å². The van der Waals surface area contributed by atoms with E-state index in [1.807, 2.05) is 20.8 Å². The predicted octanol–water partition coefficient (Wildman–Crippen LogP) is 2.12. The van der Waals surface area contributed by atoms with Gasteiger partial charge in [0, 0.05) is 24.7 Å². The Bertz CT molecular complexity index is 1220. The van der Waals surface area contributed by atoms with Gasteiger partial charge in [0.25, 0.3) is 0 Å². The van der Waals surface area contributed by atoms with Gasteiger partial charge in [0.05, 0.1) is 27.6 Å². The Morgan fingerprint density at radius 1 is 1.26 bits per heavy atom. The van der Waals surface area contributed by atoms with Crippen molar-refractivity contribution in [1.29, 1.82) is 0 Å². The number of aromatic nitrogens is 6. The number of amides is 1. The standard InChI is InChI=1S/C21H28N8O4S/c1-20(2,3)33-19(30)24-12-5-8-21(31,9-6-12)27-17-23-11-13-15(28-29-16(13)26-17)14-7-10-22-18(25-14)34(4)32/h7,10-12,31H,5-6,8-9H2,1-4H3,(H,24,30)(H2,23,26,27,28,29). The molecule has 12 nitrogen and oxygen atoms in total. The van der Waals surface area contributed by atoms with E-state index < -0.39 is 28.2 Å². The minimum absolute atomic E-state index is 0.0792. The summed E-state index contributed by atoms with van der Waals surface area (Å²) in [5, 5.41) is 24.8. The van der Waals surface area contributed by atoms with Gasteiger partial charge in [-0.1, -0.05) is 0 Å². The number of H-pyrrole nitrogens is 1. The summed E-state index contributed by atoms with van der Waals surface area (Å²) in [6.45, 7) is 5.44. The maximum absolute atomic E-state index is 12.0. The van der Waals surface area contributed by atoms with Crippen LogP contribution in [0.25, 0.3) is 22.4 Å². The van der Waals surface area contributed by atoms with E-state index in [1.54, 1.807) is 12.3 Å². The Kier molecular flexibility index (Phi) is 6.49. The van der Waals surface area contributed by atoms with E-state index in [9.17, 15) is 14.1 Å². The maximum Gasteiger partial charge on any atom is 0.407 e. The molecule has 1 saturated carbocycles. The van der Waals surface area contributed by atoms with Gasteiger partial charge in [-0.25, -0.2) is 19.7 Å². The molecule has 0 aromatic carbocycles. The Balaban J connectivity index is 1.42. The maximum atomic E-state index is 12.0. The largest absolute Gasteiger partial charge is 0.444 e. The van der Waals surface area contributed by atoms with E-state index in [-0.39, 0.29) is 17.1 Å². The first-order chi connectivity index (χ1) is 16.0. The molecule has 1 aliphatic carbocycles. The molecule has 0 spiro atoms. The van der Waals surface area contributed by atoms with Crippen LogP contribution >= 0.6 is 0 Å². The highest BCUT2D eigenvalue weighted by atomic mass is 32.2. The summed E-state index contributed by atoms with van der Waals surface area (Å²) in [6, 6.07) is 1.60. The van der Waals surface area contributed by atoms with Crippen molar-refractivity contribution in [2.75, 3.05) is 11.6 Å². The quantitative estimate of drug-likeness (QED) is 0.308. The van der Waals surface area contributed by atoms with Crippen molar-refractivity contribution < 1.29 is 18.8 Å². The molecule has 1 amide bonds. The first-order valence-corrected chi connectivity index (χ1v) is 12.5. The first kappa shape index (κ1) is 24.0. The van der Waals surface area contributed by atoms with Crippen molar-refractivity contribution in [2.24, 2.45) is 0 Å². The molecule has 0 aliphatic heterocycles. The fourth-order valence-corrected chi connectivity index (χ4v) is 4.16. The monoisotopic (exact) mass is 488 g/mol. The molecule has 0 saturated heterocycles. The van der Waals surface area contributed by atoms with Gasteiger partial charge in [-0.05, 0) is 52.5 Å². The normalized spacial score (nSPS) is 21.7. The van der Waals surface area contributed by atoms with Crippen molar-refractivity contribution >= 4 is 33.9 Å². The van der Waals surface area contributed by atoms with E-state index in [2.05, 4.69) is 40.8 Å². The highest BCUT2D eigenvalue weighted by molar-refractivity contribution is 7.84. The third kappa shape index (κ3) is 5.65. The molecule has 182 valence electrons. The second kappa shape index (κ2) is 9.22. The van der Waals surface area contributed by atoms with Crippen LogP contribution in [0.2, 0.25) is 0 Å². The summed E-state index contributed by atoms with van der Waals surface area (Å²) in [5.74, 6) is 0.240. The van der Waals surface area contributed by atoms with Crippen LogP contribution in [0.5, 0.6) is 0 Å². The number of hydrogen-bond donors (Lipinski definition) is 4. The molecule has 3 aromatic heterocycles. The number of hydrogen-bond acceptors (Lipinski definition) is 10. The minimum atomic E-state index is -1.31. The molecule has 1 unspecified atom stereocenters. The fourth-order valence-electron chi connectivity index (χ4n) is 3.72. The molecule has 13 heteroatoms. The van der Waals surface area contributed by atoms with E-state index in [0.717, 1.165) is 0 Å². The molecule has 34 heavy (non-hydrogen) atoms. The Labute approximate surface area is 198 Å². The highest BCUT2D eigenvalue weighted by Crippen LogP contribution is 2.30. The minimum Gasteiger partial charge on any atom is -0.444 e. The number of ether oxygens (including phenoxy) is 1. The SMILES string of the molecule is CS(=O)c1nccc(-c2[nH]nc3nc(NC4(O)CCC(NC(=O)OC(C)(C)C)CC4)ncc23)n1. The van der Waals surface area contributed by atoms with Gasteiger partial charge in [-0.3, -0.25) is 9.31 Å². The average molecular weight is 489 g/mol. The first-order valence-electron chi connectivity index (χ1n) is 10.9. The van der Waals surface area contributed by atoms with Gasteiger partial charge in [0.15, 0.2) is 5.65 Å². The Morgan fingerprint density at radius 2 is 2.00 bits per heavy atom. The number of aromatic amines is 1. The van der Waals surface area contributed by atoms with Crippen LogP contribution in [0.3, 0.4) is 0 Å². The third-order valence-corrected chi connectivity index (χ3v) is 6.05. The van der Waals surface area contributed by atoms with Crippen LogP contribution in [0.15, 0.2) is 23.6 Å². The molecule has 0 radical (unpaired) electrons. The van der Waals surface area contributed by atoms with Gasteiger partial charge < -0.3 is 20.5 Å². The molecule has 1 aliphatic rings. The van der Waals surface area contributed by atoms with Crippen molar-refractivity contribution in [1.82, 2.24) is 35.5 Å². The lowest BCUT2D eigenvalue weighted by Gasteiger charge is -2.36. The van der Waals surface area contributed by atoms with Crippen LogP contribution in [0.1, 0.15) is 46.5 Å². The Morgan fingerprint density at radius 3 is 2.68 bits per heavy atom. The molecule has 3 heterocycles. The lowest BCUT2D eigenvalue weighted by Crippen LogP contribution is -2.48. The van der Waals surface area contributed by atoms with E-state index in [4.69, 9.17) is 4.74 Å². The van der Waals surface area contributed by atoms with Crippen LogP contribution in [0.4, 0.5) is 10.7 Å². The predicted molar refractivity (Wildman–Crippen MR) is 125 cm³/mol. The zero-order chi connectivity index (χ0) is 24.5. The van der Waals surface area contributed by atoms with Gasteiger partial charge in [-0.2, -0.15) is 10.1 Å². The van der Waals surface area contributed by atoms with E-state index in [0.29, 0.717) is 48.1 Å². The zero-order valence-electron chi connectivity index (χ0n) is 19.5. The summed E-state index contributed by atoms with van der Waals surface area (Å²) in [5.41, 5.74) is -0.252. The number of alkyl carbamates (subject to hydrolysis) is 1. The molecule has 1 fully saturated rings. The summed E-state index contributed by atoms with van der Waals surface area (Å²) >= 11 is 0. The summed E-state index contributed by atoms with van der Waals surface area (Å²) in [4.78, 5) is 29.1. The number of anilines is 1. The Hall–Kier alpha value is -3.19. The number of carbonyl (C=O) groups excluding carboxylic acids is 1. The number of aliphatic hydroxyl groups is 1. The van der Waals surface area contributed by atoms with Crippen molar-refractivity contribution in [2.45, 2.75) is 69.0 Å². The lowest BCUT2D eigenvalue weighted by atomic mass is 9.88. The van der Waals surface area contributed by atoms with Crippen molar-refractivity contribution in [3.63, 3.8) is 0 Å². The zero-order valence-corrected chi connectivity index (χ0v) is 20.3. The number of carbonyl (C=O) groups is 1. The van der Waals surface area contributed by atoms with Crippen LogP contribution < -0.4 is 10.6 Å². The van der Waals surface area contributed by atoms with Gasteiger partial charge >= 0.3 is 6.09 Å². The van der Waals surface area contributed by atoms with Crippen molar-refractivity contribution in [3.05, 3.63) is 18.5 Å².